The highest BCUT2D eigenvalue weighted by atomic mass is 16.6. The largest absolute Gasteiger partial charge is 0.444 e. The average molecular weight is 536 g/mol. The van der Waals surface area contributed by atoms with Crippen molar-refractivity contribution < 1.29 is 23.9 Å². The van der Waals surface area contributed by atoms with Crippen LogP contribution in [-0.2, 0) is 20.9 Å². The number of ether oxygens (including phenoxy) is 1. The van der Waals surface area contributed by atoms with Crippen molar-refractivity contribution in [3.05, 3.63) is 34.9 Å². The van der Waals surface area contributed by atoms with E-state index in [1.165, 1.54) is 19.3 Å². The number of rotatable bonds is 7. The molecule has 4 rings (SSSR count). The minimum absolute atomic E-state index is 0.185. The lowest BCUT2D eigenvalue weighted by Crippen LogP contribution is -2.52. The van der Waals surface area contributed by atoms with E-state index < -0.39 is 17.6 Å². The van der Waals surface area contributed by atoms with Gasteiger partial charge < -0.3 is 14.5 Å². The van der Waals surface area contributed by atoms with Gasteiger partial charge in [0.25, 0.3) is 5.91 Å². The molecule has 0 bridgehead atoms. The molecule has 210 valence electrons. The Morgan fingerprint density at radius 3 is 2.56 bits per heavy atom. The number of carbonyl (C=O) groups excluding carboxylic acids is 4. The first-order valence-corrected chi connectivity index (χ1v) is 14.4. The molecule has 1 saturated carbocycles. The van der Waals surface area contributed by atoms with E-state index in [1.54, 1.807) is 11.0 Å². The van der Waals surface area contributed by atoms with Crippen LogP contribution in [0.3, 0.4) is 0 Å². The molecule has 1 atom stereocenters. The lowest BCUT2D eigenvalue weighted by Gasteiger charge is -2.35. The van der Waals surface area contributed by atoms with Crippen LogP contribution >= 0.6 is 0 Å². The van der Waals surface area contributed by atoms with Crippen molar-refractivity contribution in [2.45, 2.75) is 116 Å². The zero-order valence-electron chi connectivity index (χ0n) is 23.5. The Hall–Kier alpha value is -3.34. The van der Waals surface area contributed by atoms with Crippen LogP contribution in [0.1, 0.15) is 113 Å². The van der Waals surface area contributed by atoms with Crippen LogP contribution < -0.4 is 5.32 Å². The summed E-state index contributed by atoms with van der Waals surface area (Å²) in [5.41, 5.74) is 1.74. The first-order valence-electron chi connectivity index (χ1n) is 14.4. The van der Waals surface area contributed by atoms with Crippen LogP contribution in [-0.4, -0.2) is 57.8 Å². The fourth-order valence-corrected chi connectivity index (χ4v) is 5.67. The van der Waals surface area contributed by atoms with Crippen molar-refractivity contribution in [1.29, 1.82) is 0 Å². The molecule has 2 aliphatic heterocycles. The third-order valence-electron chi connectivity index (χ3n) is 7.65. The zero-order valence-corrected chi connectivity index (χ0v) is 23.5. The molecular formula is C31H41N3O5. The minimum atomic E-state index is -0.628. The van der Waals surface area contributed by atoms with E-state index in [-0.39, 0.29) is 30.4 Å². The van der Waals surface area contributed by atoms with Crippen molar-refractivity contribution in [2.24, 2.45) is 0 Å². The Bertz CT molecular complexity index is 1150. The van der Waals surface area contributed by atoms with Crippen LogP contribution in [0.25, 0.3) is 0 Å². The number of nitrogens with zero attached hydrogens (tertiary/aromatic N) is 2. The van der Waals surface area contributed by atoms with Crippen molar-refractivity contribution in [3.8, 4) is 11.8 Å². The van der Waals surface area contributed by atoms with Crippen LogP contribution in [0.4, 0.5) is 4.79 Å². The third kappa shape index (κ3) is 7.40. The number of amides is 4. The number of benzene rings is 1. The molecule has 1 aromatic rings. The first kappa shape index (κ1) is 28.7. The molecule has 1 saturated heterocycles. The molecule has 2 heterocycles. The summed E-state index contributed by atoms with van der Waals surface area (Å²) in [5.74, 6) is 5.60. The van der Waals surface area contributed by atoms with Crippen LogP contribution in [0, 0.1) is 11.8 Å². The van der Waals surface area contributed by atoms with Gasteiger partial charge in [-0.05, 0) is 70.6 Å². The van der Waals surface area contributed by atoms with E-state index in [2.05, 4.69) is 17.2 Å². The second kappa shape index (κ2) is 12.7. The number of unbranched alkanes of at least 4 members (excludes halogenated alkanes) is 3. The molecule has 0 radical (unpaired) electrons. The van der Waals surface area contributed by atoms with Crippen molar-refractivity contribution >= 4 is 23.8 Å². The Morgan fingerprint density at radius 1 is 1.08 bits per heavy atom. The van der Waals surface area contributed by atoms with Gasteiger partial charge >= 0.3 is 6.09 Å². The number of imide groups is 1. The second-order valence-electron chi connectivity index (χ2n) is 11.8. The summed E-state index contributed by atoms with van der Waals surface area (Å²) in [7, 11) is 0. The molecule has 0 aromatic heterocycles. The zero-order chi connectivity index (χ0) is 28.0. The van der Waals surface area contributed by atoms with Gasteiger partial charge in [0, 0.05) is 43.1 Å². The SMILES string of the molecule is CC(C)(C)OC(=O)N(CCCCCC#Cc1cccc2c1CN(C1CCC(=O)NC1=O)C2=O)C1CCCCC1. The van der Waals surface area contributed by atoms with Crippen molar-refractivity contribution in [3.63, 3.8) is 0 Å². The predicted molar refractivity (Wildman–Crippen MR) is 148 cm³/mol. The maximum absolute atomic E-state index is 13.0. The van der Waals surface area contributed by atoms with Crippen molar-refractivity contribution in [1.82, 2.24) is 15.1 Å². The van der Waals surface area contributed by atoms with E-state index in [0.717, 1.165) is 49.7 Å². The molecule has 1 N–H and O–H groups in total. The van der Waals surface area contributed by atoms with Crippen molar-refractivity contribution in [2.75, 3.05) is 6.54 Å². The number of piperidine rings is 1. The number of carbonyl (C=O) groups is 4. The summed E-state index contributed by atoms with van der Waals surface area (Å²) in [4.78, 5) is 53.2. The van der Waals surface area contributed by atoms with Gasteiger partial charge in [-0.15, -0.1) is 0 Å². The molecule has 8 nitrogen and oxygen atoms in total. The van der Waals surface area contributed by atoms with Gasteiger partial charge in [0.05, 0.1) is 0 Å². The summed E-state index contributed by atoms with van der Waals surface area (Å²) in [6.45, 7) is 6.76. The van der Waals surface area contributed by atoms with Gasteiger partial charge in [0.15, 0.2) is 0 Å². The molecule has 1 aliphatic carbocycles. The number of hydrogen-bond acceptors (Lipinski definition) is 5. The summed E-state index contributed by atoms with van der Waals surface area (Å²) >= 11 is 0. The first-order chi connectivity index (χ1) is 18.6. The quantitative estimate of drug-likeness (QED) is 0.303. The van der Waals surface area contributed by atoms with E-state index in [4.69, 9.17) is 4.74 Å². The summed E-state index contributed by atoms with van der Waals surface area (Å²) < 4.78 is 5.70. The molecule has 3 aliphatic rings. The molecule has 1 aromatic carbocycles. The van der Waals surface area contributed by atoms with Crippen LogP contribution in [0.15, 0.2) is 18.2 Å². The van der Waals surface area contributed by atoms with E-state index in [1.807, 2.05) is 37.8 Å². The van der Waals surface area contributed by atoms with Crippen LogP contribution in [0.2, 0.25) is 0 Å². The van der Waals surface area contributed by atoms with E-state index >= 15 is 0 Å². The van der Waals surface area contributed by atoms with Gasteiger partial charge in [-0.3, -0.25) is 19.7 Å². The number of nitrogens with one attached hydrogen (secondary N) is 1. The molecule has 2 fully saturated rings. The Morgan fingerprint density at radius 2 is 1.85 bits per heavy atom. The highest BCUT2D eigenvalue weighted by Gasteiger charge is 2.39. The monoisotopic (exact) mass is 535 g/mol. The Labute approximate surface area is 231 Å². The summed E-state index contributed by atoms with van der Waals surface area (Å²) in [5, 5.41) is 2.34. The molecular weight excluding hydrogens is 494 g/mol. The lowest BCUT2D eigenvalue weighted by atomic mass is 9.94. The fraction of sp³-hybridized carbons (Fsp3) is 0.613. The second-order valence-corrected chi connectivity index (χ2v) is 11.8. The highest BCUT2D eigenvalue weighted by Crippen LogP contribution is 2.29. The van der Waals surface area contributed by atoms with Gasteiger partial charge in [0.1, 0.15) is 11.6 Å². The summed E-state index contributed by atoms with van der Waals surface area (Å²) in [6, 6.07) is 5.16. The maximum Gasteiger partial charge on any atom is 0.410 e. The molecule has 0 spiro atoms. The minimum Gasteiger partial charge on any atom is -0.444 e. The Kier molecular flexibility index (Phi) is 9.32. The van der Waals surface area contributed by atoms with Gasteiger partial charge in [0.2, 0.25) is 11.8 Å². The van der Waals surface area contributed by atoms with E-state index in [9.17, 15) is 19.2 Å². The normalized spacial score (nSPS) is 19.7. The fourth-order valence-electron chi connectivity index (χ4n) is 5.67. The molecule has 39 heavy (non-hydrogen) atoms. The predicted octanol–water partition coefficient (Wildman–Crippen LogP) is 4.93. The standard InChI is InChI=1S/C31H41N3O5/c1-31(2,3)39-30(38)33(23-15-9-7-10-16-23)20-11-6-4-5-8-13-22-14-12-17-24-25(22)21-34(29(24)37)26-18-19-27(35)32-28(26)36/h12,14,17,23,26H,4-7,9-11,15-16,18-21H2,1-3H3,(H,32,35,36). The topological polar surface area (TPSA) is 96.0 Å². The maximum atomic E-state index is 13.0. The third-order valence-corrected chi connectivity index (χ3v) is 7.65. The smallest absolute Gasteiger partial charge is 0.410 e. The molecule has 4 amide bonds. The molecule has 8 heteroatoms. The number of fused-ring (bicyclic) bond motifs is 1. The molecule has 1 unspecified atom stereocenters. The van der Waals surface area contributed by atoms with Gasteiger partial charge in [-0.25, -0.2) is 4.79 Å². The number of hydrogen-bond donors (Lipinski definition) is 1. The van der Waals surface area contributed by atoms with Gasteiger partial charge in [-0.2, -0.15) is 0 Å². The summed E-state index contributed by atoms with van der Waals surface area (Å²) in [6.07, 6.45) is 9.59. The average Bonchev–Trinajstić information content (AvgIpc) is 3.22. The Balaban J connectivity index is 1.28. The van der Waals surface area contributed by atoms with Crippen LogP contribution in [0.5, 0.6) is 0 Å². The van der Waals surface area contributed by atoms with Gasteiger partial charge in [-0.1, -0.05) is 43.6 Å². The van der Waals surface area contributed by atoms with E-state index in [0.29, 0.717) is 25.1 Å². The highest BCUT2D eigenvalue weighted by molar-refractivity contribution is 6.05. The lowest BCUT2D eigenvalue weighted by molar-refractivity contribution is -0.136.